The van der Waals surface area contributed by atoms with Crippen molar-refractivity contribution in [2.24, 2.45) is 0 Å². The van der Waals surface area contributed by atoms with Gasteiger partial charge in [-0.05, 0) is 66.4 Å². The van der Waals surface area contributed by atoms with Crippen LogP contribution in [0.4, 0.5) is 4.39 Å². The number of benzene rings is 3. The predicted molar refractivity (Wildman–Crippen MR) is 118 cm³/mol. The number of likely N-dealkylation sites (tertiary alicyclic amines) is 1. The number of amides is 1. The van der Waals surface area contributed by atoms with Gasteiger partial charge in [0, 0.05) is 12.1 Å². The van der Waals surface area contributed by atoms with E-state index < -0.39 is 23.5 Å². The van der Waals surface area contributed by atoms with Crippen molar-refractivity contribution < 1.29 is 24.2 Å². The number of ketones is 1. The van der Waals surface area contributed by atoms with Gasteiger partial charge < -0.3 is 15.1 Å². The van der Waals surface area contributed by atoms with Crippen LogP contribution >= 0.6 is 0 Å². The molecular formula is C26H22FNO4. The van der Waals surface area contributed by atoms with E-state index in [0.717, 1.165) is 11.1 Å². The average Bonchev–Trinajstić information content (AvgIpc) is 3.02. The van der Waals surface area contributed by atoms with Crippen LogP contribution in [0.5, 0.6) is 5.75 Å². The number of Topliss-reactive ketones (excluding diaryl/α,β-unsaturated/α-hetero) is 1. The molecule has 1 aliphatic rings. The van der Waals surface area contributed by atoms with Crippen LogP contribution in [0.25, 0.3) is 5.76 Å². The summed E-state index contributed by atoms with van der Waals surface area (Å²) in [5.74, 6) is -2.16. The van der Waals surface area contributed by atoms with E-state index in [0.29, 0.717) is 16.7 Å². The van der Waals surface area contributed by atoms with E-state index in [-0.39, 0.29) is 23.6 Å². The van der Waals surface area contributed by atoms with E-state index in [1.54, 1.807) is 36.4 Å². The fourth-order valence-electron chi connectivity index (χ4n) is 3.88. The summed E-state index contributed by atoms with van der Waals surface area (Å²) in [5, 5.41) is 20.8. The summed E-state index contributed by atoms with van der Waals surface area (Å²) in [6.07, 6.45) is 0. The highest BCUT2D eigenvalue weighted by molar-refractivity contribution is 6.46. The number of aliphatic hydroxyl groups excluding tert-OH is 1. The highest BCUT2D eigenvalue weighted by atomic mass is 19.1. The molecule has 3 aromatic carbocycles. The number of phenolic OH excluding ortho intramolecular Hbond substituents is 1. The first-order valence-electron chi connectivity index (χ1n) is 10.2. The maximum absolute atomic E-state index is 13.3. The van der Waals surface area contributed by atoms with Crippen LogP contribution in [-0.2, 0) is 16.1 Å². The van der Waals surface area contributed by atoms with Crippen LogP contribution in [0, 0.1) is 19.7 Å². The lowest BCUT2D eigenvalue weighted by Gasteiger charge is -2.25. The molecule has 2 N–H and O–H groups in total. The molecule has 1 atom stereocenters. The largest absolute Gasteiger partial charge is 0.508 e. The monoisotopic (exact) mass is 431 g/mol. The Morgan fingerprint density at radius 2 is 1.59 bits per heavy atom. The summed E-state index contributed by atoms with van der Waals surface area (Å²) in [4.78, 5) is 27.4. The number of rotatable bonds is 4. The van der Waals surface area contributed by atoms with Crippen LogP contribution in [0.15, 0.2) is 72.3 Å². The van der Waals surface area contributed by atoms with Gasteiger partial charge in [0.15, 0.2) is 0 Å². The van der Waals surface area contributed by atoms with Gasteiger partial charge >= 0.3 is 0 Å². The molecule has 162 valence electrons. The van der Waals surface area contributed by atoms with E-state index in [4.69, 9.17) is 0 Å². The van der Waals surface area contributed by atoms with Crippen molar-refractivity contribution in [3.05, 3.63) is 106 Å². The molecule has 1 saturated heterocycles. The number of aromatic hydroxyl groups is 1. The van der Waals surface area contributed by atoms with E-state index >= 15 is 0 Å². The second-order valence-corrected chi connectivity index (χ2v) is 7.94. The third-order valence-corrected chi connectivity index (χ3v) is 5.80. The van der Waals surface area contributed by atoms with Gasteiger partial charge in [-0.2, -0.15) is 0 Å². The number of hydrogen-bond acceptors (Lipinski definition) is 4. The molecule has 3 aromatic rings. The number of nitrogens with zero attached hydrogens (tertiary/aromatic N) is 1. The van der Waals surface area contributed by atoms with Crippen LogP contribution in [0.3, 0.4) is 0 Å². The average molecular weight is 431 g/mol. The first-order chi connectivity index (χ1) is 15.3. The van der Waals surface area contributed by atoms with Gasteiger partial charge in [-0.3, -0.25) is 9.59 Å². The second-order valence-electron chi connectivity index (χ2n) is 7.94. The minimum Gasteiger partial charge on any atom is -0.508 e. The number of carbonyl (C=O) groups is 2. The quantitative estimate of drug-likeness (QED) is 0.354. The number of hydrogen-bond donors (Lipinski definition) is 2. The summed E-state index contributed by atoms with van der Waals surface area (Å²) < 4.78 is 13.3. The molecule has 0 bridgehead atoms. The molecule has 0 saturated carbocycles. The standard InChI is InChI=1S/C26H22FNO4/c1-15-3-6-19(13-16(15)2)24(30)22-23(18-7-11-21(29)12-8-18)28(26(32)25(22)31)14-17-4-9-20(27)10-5-17/h3-13,23,29-30H,14H2,1-2H3/b24-22-. The smallest absolute Gasteiger partial charge is 0.295 e. The number of aryl methyl sites for hydroxylation is 2. The summed E-state index contributed by atoms with van der Waals surface area (Å²) in [6, 6.07) is 16.3. The first kappa shape index (κ1) is 21.3. The van der Waals surface area contributed by atoms with Crippen molar-refractivity contribution in [2.45, 2.75) is 26.4 Å². The summed E-state index contributed by atoms with van der Waals surface area (Å²) in [7, 11) is 0. The van der Waals surface area contributed by atoms with E-state index in [1.165, 1.54) is 29.2 Å². The highest BCUT2D eigenvalue weighted by Crippen LogP contribution is 2.40. The molecule has 1 unspecified atom stereocenters. The van der Waals surface area contributed by atoms with Crippen molar-refractivity contribution in [1.29, 1.82) is 0 Å². The Morgan fingerprint density at radius 1 is 0.938 bits per heavy atom. The van der Waals surface area contributed by atoms with Crippen molar-refractivity contribution in [3.8, 4) is 5.75 Å². The van der Waals surface area contributed by atoms with Gasteiger partial charge in [0.2, 0.25) is 0 Å². The first-order valence-corrected chi connectivity index (χ1v) is 10.2. The van der Waals surface area contributed by atoms with E-state index in [1.807, 2.05) is 19.9 Å². The van der Waals surface area contributed by atoms with Crippen LogP contribution in [-0.4, -0.2) is 26.8 Å². The fourth-order valence-corrected chi connectivity index (χ4v) is 3.88. The third-order valence-electron chi connectivity index (χ3n) is 5.80. The third kappa shape index (κ3) is 3.87. The molecule has 1 fully saturated rings. The molecule has 0 radical (unpaired) electrons. The molecule has 0 aromatic heterocycles. The second kappa shape index (κ2) is 8.30. The maximum atomic E-state index is 13.3. The molecule has 4 rings (SSSR count). The van der Waals surface area contributed by atoms with Crippen LogP contribution < -0.4 is 0 Å². The predicted octanol–water partition coefficient (Wildman–Crippen LogP) is 4.77. The maximum Gasteiger partial charge on any atom is 0.295 e. The van der Waals surface area contributed by atoms with Gasteiger partial charge in [0.25, 0.3) is 11.7 Å². The molecule has 0 spiro atoms. The SMILES string of the molecule is Cc1ccc(/C(O)=C2/C(=O)C(=O)N(Cc3ccc(F)cc3)C2c2ccc(O)cc2)cc1C. The lowest BCUT2D eigenvalue weighted by molar-refractivity contribution is -0.140. The number of aliphatic hydroxyl groups is 1. The Kier molecular flexibility index (Phi) is 5.53. The number of carbonyl (C=O) groups excluding carboxylic acids is 2. The lowest BCUT2D eigenvalue weighted by Crippen LogP contribution is -2.29. The Bertz CT molecular complexity index is 1230. The Morgan fingerprint density at radius 3 is 2.22 bits per heavy atom. The van der Waals surface area contributed by atoms with Crippen molar-refractivity contribution in [1.82, 2.24) is 4.90 Å². The van der Waals surface area contributed by atoms with E-state index in [9.17, 15) is 24.2 Å². The van der Waals surface area contributed by atoms with Crippen LogP contribution in [0.1, 0.15) is 33.9 Å². The fraction of sp³-hybridized carbons (Fsp3) is 0.154. The minimum atomic E-state index is -0.859. The van der Waals surface area contributed by atoms with Crippen molar-refractivity contribution >= 4 is 17.4 Å². The Hall–Kier alpha value is -3.93. The molecule has 32 heavy (non-hydrogen) atoms. The molecule has 0 aliphatic carbocycles. The topological polar surface area (TPSA) is 77.8 Å². The molecule has 6 heteroatoms. The van der Waals surface area contributed by atoms with Gasteiger partial charge in [0.05, 0.1) is 11.6 Å². The Labute approximate surface area is 185 Å². The van der Waals surface area contributed by atoms with Gasteiger partial charge in [0.1, 0.15) is 17.3 Å². The highest BCUT2D eigenvalue weighted by Gasteiger charge is 2.46. The lowest BCUT2D eigenvalue weighted by atomic mass is 9.94. The zero-order chi connectivity index (χ0) is 23.0. The molecule has 1 amide bonds. The molecule has 1 heterocycles. The molecular weight excluding hydrogens is 409 g/mol. The van der Waals surface area contributed by atoms with Crippen molar-refractivity contribution in [2.75, 3.05) is 0 Å². The minimum absolute atomic E-state index is 0.0222. The van der Waals surface area contributed by atoms with Gasteiger partial charge in [-0.25, -0.2) is 4.39 Å². The molecule has 1 aliphatic heterocycles. The Balaban J connectivity index is 1.86. The van der Waals surface area contributed by atoms with Gasteiger partial charge in [-0.15, -0.1) is 0 Å². The molecule has 5 nitrogen and oxygen atoms in total. The summed E-state index contributed by atoms with van der Waals surface area (Å²) in [6.45, 7) is 3.90. The summed E-state index contributed by atoms with van der Waals surface area (Å²) in [5.41, 5.74) is 3.60. The zero-order valence-corrected chi connectivity index (χ0v) is 17.7. The van der Waals surface area contributed by atoms with Crippen molar-refractivity contribution in [3.63, 3.8) is 0 Å². The van der Waals surface area contributed by atoms with E-state index in [2.05, 4.69) is 0 Å². The number of phenols is 1. The van der Waals surface area contributed by atoms with Gasteiger partial charge in [-0.1, -0.05) is 36.4 Å². The summed E-state index contributed by atoms with van der Waals surface area (Å²) >= 11 is 0. The zero-order valence-electron chi connectivity index (χ0n) is 17.7. The van der Waals surface area contributed by atoms with Crippen LogP contribution in [0.2, 0.25) is 0 Å². The number of halogens is 1. The normalized spacial score (nSPS) is 17.7.